The van der Waals surface area contributed by atoms with E-state index in [1.54, 1.807) is 25.6 Å². The Labute approximate surface area is 123 Å². The Morgan fingerprint density at radius 2 is 1.95 bits per heavy atom. The molecule has 0 fully saturated rings. The zero-order chi connectivity index (χ0) is 14.7. The number of hydrogen-bond donors (Lipinski definition) is 1. The van der Waals surface area contributed by atoms with Crippen LogP contribution in [0.3, 0.4) is 0 Å². The topological polar surface area (TPSA) is 57.4 Å². The Balaban J connectivity index is 2.24. The van der Waals surface area contributed by atoms with Crippen molar-refractivity contribution in [3.8, 4) is 11.5 Å². The molecule has 20 heavy (non-hydrogen) atoms. The minimum atomic E-state index is 0.0339. The first-order chi connectivity index (χ1) is 9.55. The molecule has 108 valence electrons. The largest absolute Gasteiger partial charge is 0.493 e. The summed E-state index contributed by atoms with van der Waals surface area (Å²) in [7, 11) is 3.28. The monoisotopic (exact) mass is 292 g/mol. The van der Waals surface area contributed by atoms with Gasteiger partial charge in [0.15, 0.2) is 11.5 Å². The third-order valence-corrected chi connectivity index (χ3v) is 4.45. The molecule has 2 N–H and O–H groups in total. The Morgan fingerprint density at radius 3 is 2.50 bits per heavy atom. The molecule has 1 aromatic heterocycles. The minimum absolute atomic E-state index is 0.0339. The van der Waals surface area contributed by atoms with Crippen LogP contribution in [0.4, 0.5) is 0 Å². The van der Waals surface area contributed by atoms with Crippen molar-refractivity contribution in [3.63, 3.8) is 0 Å². The van der Waals surface area contributed by atoms with Crippen LogP contribution in [0.2, 0.25) is 0 Å². The molecule has 2 aromatic rings. The van der Waals surface area contributed by atoms with E-state index in [1.165, 1.54) is 0 Å². The number of hydrogen-bond acceptors (Lipinski definition) is 5. The number of aryl methyl sites for hydroxylation is 1. The molecule has 0 radical (unpaired) electrons. The van der Waals surface area contributed by atoms with Gasteiger partial charge in [-0.25, -0.2) is 4.98 Å². The van der Waals surface area contributed by atoms with Crippen LogP contribution in [-0.2, 0) is 6.42 Å². The maximum atomic E-state index is 5.94. The lowest BCUT2D eigenvalue weighted by atomic mass is 10.1. The zero-order valence-electron chi connectivity index (χ0n) is 12.3. The maximum absolute atomic E-state index is 5.94. The Morgan fingerprint density at radius 1 is 1.25 bits per heavy atom. The fourth-order valence-corrected chi connectivity index (χ4v) is 3.18. The van der Waals surface area contributed by atoms with Gasteiger partial charge in [-0.05, 0) is 31.5 Å². The van der Waals surface area contributed by atoms with Gasteiger partial charge in [0.1, 0.15) is 0 Å². The molecule has 0 saturated carbocycles. The summed E-state index contributed by atoms with van der Waals surface area (Å²) in [6, 6.07) is 5.97. The van der Waals surface area contributed by atoms with Gasteiger partial charge in [-0.1, -0.05) is 6.07 Å². The molecule has 1 atom stereocenters. The molecule has 4 nitrogen and oxygen atoms in total. The quantitative estimate of drug-likeness (QED) is 0.920. The second kappa shape index (κ2) is 6.24. The highest BCUT2D eigenvalue weighted by Crippen LogP contribution is 2.30. The lowest BCUT2D eigenvalue weighted by Crippen LogP contribution is -2.03. The van der Waals surface area contributed by atoms with Gasteiger partial charge in [0.2, 0.25) is 0 Å². The van der Waals surface area contributed by atoms with Crippen LogP contribution >= 0.6 is 11.3 Å². The van der Waals surface area contributed by atoms with Crippen molar-refractivity contribution >= 4 is 11.3 Å². The predicted molar refractivity (Wildman–Crippen MR) is 81.8 cm³/mol. The molecule has 0 amide bonds. The van der Waals surface area contributed by atoms with Crippen molar-refractivity contribution in [2.75, 3.05) is 14.2 Å². The number of thiazole rings is 1. The number of nitrogens with zero attached hydrogens (tertiary/aromatic N) is 1. The molecule has 0 aliphatic heterocycles. The molecule has 5 heteroatoms. The fraction of sp³-hybridized carbons (Fsp3) is 0.400. The number of methoxy groups -OCH3 is 2. The van der Waals surface area contributed by atoms with E-state index in [0.29, 0.717) is 0 Å². The standard InChI is InChI=1S/C15H20N2O2S/c1-9(16)15-10(2)17-14(20-15)8-11-5-6-12(18-3)13(7-11)19-4/h5-7,9H,8,16H2,1-4H3. The summed E-state index contributed by atoms with van der Waals surface area (Å²) in [6.45, 7) is 3.99. The molecule has 0 aliphatic carbocycles. The second-order valence-corrected chi connectivity index (χ2v) is 5.83. The van der Waals surface area contributed by atoms with E-state index >= 15 is 0 Å². The number of benzene rings is 1. The van der Waals surface area contributed by atoms with Crippen LogP contribution in [0.1, 0.15) is 34.1 Å². The molecular formula is C15H20N2O2S. The van der Waals surface area contributed by atoms with Gasteiger partial charge in [-0.15, -0.1) is 11.3 Å². The van der Waals surface area contributed by atoms with Crippen LogP contribution in [0.5, 0.6) is 11.5 Å². The van der Waals surface area contributed by atoms with Crippen molar-refractivity contribution in [2.45, 2.75) is 26.3 Å². The third-order valence-electron chi connectivity index (χ3n) is 3.09. The number of ether oxygens (including phenoxy) is 2. The van der Waals surface area contributed by atoms with E-state index in [0.717, 1.165) is 39.1 Å². The van der Waals surface area contributed by atoms with Gasteiger partial charge in [-0.2, -0.15) is 0 Å². The van der Waals surface area contributed by atoms with E-state index in [1.807, 2.05) is 32.0 Å². The van der Waals surface area contributed by atoms with E-state index < -0.39 is 0 Å². The summed E-state index contributed by atoms with van der Waals surface area (Å²) in [5, 5.41) is 1.07. The summed E-state index contributed by atoms with van der Waals surface area (Å²) >= 11 is 1.68. The number of rotatable bonds is 5. The SMILES string of the molecule is COc1ccc(Cc2nc(C)c(C(C)N)s2)cc1OC. The van der Waals surface area contributed by atoms with Crippen molar-refractivity contribution in [3.05, 3.63) is 39.3 Å². The van der Waals surface area contributed by atoms with Gasteiger partial charge in [0, 0.05) is 17.3 Å². The van der Waals surface area contributed by atoms with Gasteiger partial charge < -0.3 is 15.2 Å². The van der Waals surface area contributed by atoms with Gasteiger partial charge >= 0.3 is 0 Å². The Hall–Kier alpha value is -1.59. The molecular weight excluding hydrogens is 272 g/mol. The minimum Gasteiger partial charge on any atom is -0.493 e. The molecule has 1 heterocycles. The molecule has 0 spiro atoms. The van der Waals surface area contributed by atoms with Crippen molar-refractivity contribution < 1.29 is 9.47 Å². The molecule has 0 aliphatic rings. The van der Waals surface area contributed by atoms with E-state index in [2.05, 4.69) is 4.98 Å². The van der Waals surface area contributed by atoms with Crippen molar-refractivity contribution in [1.82, 2.24) is 4.98 Å². The highest BCUT2D eigenvalue weighted by atomic mass is 32.1. The summed E-state index contributed by atoms with van der Waals surface area (Å²) in [6.07, 6.45) is 0.776. The first-order valence-corrected chi connectivity index (χ1v) is 7.29. The van der Waals surface area contributed by atoms with Crippen molar-refractivity contribution in [2.24, 2.45) is 5.73 Å². The second-order valence-electron chi connectivity index (χ2n) is 4.71. The number of aromatic nitrogens is 1. The Bertz CT molecular complexity index is 594. The van der Waals surface area contributed by atoms with Crippen molar-refractivity contribution in [1.29, 1.82) is 0 Å². The van der Waals surface area contributed by atoms with E-state index in [-0.39, 0.29) is 6.04 Å². The first-order valence-electron chi connectivity index (χ1n) is 6.47. The smallest absolute Gasteiger partial charge is 0.160 e. The van der Waals surface area contributed by atoms with E-state index in [9.17, 15) is 0 Å². The summed E-state index contributed by atoms with van der Waals surface area (Å²) < 4.78 is 10.6. The van der Waals surface area contributed by atoms with Crippen LogP contribution < -0.4 is 15.2 Å². The third kappa shape index (κ3) is 3.11. The summed E-state index contributed by atoms with van der Waals surface area (Å²) in [5.74, 6) is 1.48. The molecule has 0 saturated heterocycles. The maximum Gasteiger partial charge on any atom is 0.160 e. The van der Waals surface area contributed by atoms with Gasteiger partial charge in [-0.3, -0.25) is 0 Å². The molecule has 0 bridgehead atoms. The van der Waals surface area contributed by atoms with Crippen LogP contribution in [0.15, 0.2) is 18.2 Å². The fourth-order valence-electron chi connectivity index (χ4n) is 2.13. The van der Waals surface area contributed by atoms with Gasteiger partial charge in [0.05, 0.1) is 24.9 Å². The first kappa shape index (κ1) is 14.8. The van der Waals surface area contributed by atoms with Crippen LogP contribution in [0.25, 0.3) is 0 Å². The summed E-state index contributed by atoms with van der Waals surface area (Å²) in [4.78, 5) is 5.74. The van der Waals surface area contributed by atoms with Crippen LogP contribution in [0, 0.1) is 6.92 Å². The number of nitrogens with two attached hydrogens (primary N) is 1. The average Bonchev–Trinajstić information content (AvgIpc) is 2.79. The highest BCUT2D eigenvalue weighted by Gasteiger charge is 2.12. The summed E-state index contributed by atoms with van der Waals surface area (Å²) in [5.41, 5.74) is 8.11. The van der Waals surface area contributed by atoms with Gasteiger partial charge in [0.25, 0.3) is 0 Å². The lowest BCUT2D eigenvalue weighted by molar-refractivity contribution is 0.354. The lowest BCUT2D eigenvalue weighted by Gasteiger charge is -2.08. The molecule has 1 unspecified atom stereocenters. The van der Waals surface area contributed by atoms with E-state index in [4.69, 9.17) is 15.2 Å². The highest BCUT2D eigenvalue weighted by molar-refractivity contribution is 7.11. The van der Waals surface area contributed by atoms with Crippen LogP contribution in [-0.4, -0.2) is 19.2 Å². The predicted octanol–water partition coefficient (Wildman–Crippen LogP) is 3.08. The molecule has 2 rings (SSSR count). The zero-order valence-corrected chi connectivity index (χ0v) is 13.1. The average molecular weight is 292 g/mol. The normalized spacial score (nSPS) is 12.2. The Kier molecular flexibility index (Phi) is 4.62. The molecule has 1 aromatic carbocycles.